The fraction of sp³-hybridized carbons (Fsp3) is 0. The summed E-state index contributed by atoms with van der Waals surface area (Å²) in [6.45, 7) is 0. The lowest BCUT2D eigenvalue weighted by molar-refractivity contribution is 0.0691. The van der Waals surface area contributed by atoms with Crippen LogP contribution in [0.15, 0.2) is 30.3 Å². The zero-order chi connectivity index (χ0) is 11.7. The van der Waals surface area contributed by atoms with Crippen LogP contribution in [0.4, 0.5) is 0 Å². The summed E-state index contributed by atoms with van der Waals surface area (Å²) in [7, 11) is 0. The minimum absolute atomic E-state index is 0.0528. The van der Waals surface area contributed by atoms with Gasteiger partial charge < -0.3 is 10.2 Å². The first-order valence-electron chi connectivity index (χ1n) is 4.46. The molecule has 2 aromatic rings. The van der Waals surface area contributed by atoms with E-state index in [4.69, 9.17) is 10.2 Å². The van der Waals surface area contributed by atoms with E-state index in [1.165, 1.54) is 0 Å². The predicted octanol–water partition coefficient (Wildman–Crippen LogP) is 1.63. The molecular formula is C11H7NO4. The number of pyridine rings is 1. The highest BCUT2D eigenvalue weighted by molar-refractivity contribution is 6.04. The minimum Gasteiger partial charge on any atom is -0.478 e. The standard InChI is InChI=1S/C11H7NO4/c13-10(14)7-5-9(11(15)16)12-8-4-2-1-3-6(7)8/h1-5H,(H,13,14)(H,15,16). The van der Waals surface area contributed by atoms with E-state index in [1.54, 1.807) is 24.3 Å². The van der Waals surface area contributed by atoms with E-state index in [0.29, 0.717) is 10.9 Å². The van der Waals surface area contributed by atoms with Crippen molar-refractivity contribution in [1.29, 1.82) is 0 Å². The number of carboxylic acid groups (broad SMARTS) is 2. The van der Waals surface area contributed by atoms with Crippen LogP contribution in [0, 0.1) is 0 Å². The van der Waals surface area contributed by atoms with Crippen LogP contribution in [0.5, 0.6) is 0 Å². The molecule has 16 heavy (non-hydrogen) atoms. The van der Waals surface area contributed by atoms with Crippen molar-refractivity contribution in [3.63, 3.8) is 0 Å². The number of fused-ring (bicyclic) bond motifs is 1. The van der Waals surface area contributed by atoms with Gasteiger partial charge in [0.25, 0.3) is 0 Å². The summed E-state index contributed by atoms with van der Waals surface area (Å²) in [5.41, 5.74) is 0.0406. The van der Waals surface area contributed by atoms with Gasteiger partial charge in [-0.15, -0.1) is 0 Å². The van der Waals surface area contributed by atoms with Gasteiger partial charge in [-0.2, -0.15) is 0 Å². The Morgan fingerprint density at radius 2 is 1.75 bits per heavy atom. The van der Waals surface area contributed by atoms with E-state index in [-0.39, 0.29) is 11.3 Å². The zero-order valence-corrected chi connectivity index (χ0v) is 8.04. The van der Waals surface area contributed by atoms with Crippen molar-refractivity contribution in [2.45, 2.75) is 0 Å². The van der Waals surface area contributed by atoms with Gasteiger partial charge in [-0.3, -0.25) is 0 Å². The van der Waals surface area contributed by atoms with Gasteiger partial charge in [-0.05, 0) is 12.1 Å². The molecule has 2 rings (SSSR count). The first-order chi connectivity index (χ1) is 7.59. The molecule has 0 saturated carbocycles. The fourth-order valence-electron chi connectivity index (χ4n) is 1.46. The molecular weight excluding hydrogens is 210 g/mol. The maximum absolute atomic E-state index is 11.0. The van der Waals surface area contributed by atoms with Gasteiger partial charge in [0.05, 0.1) is 11.1 Å². The van der Waals surface area contributed by atoms with Crippen molar-refractivity contribution in [3.05, 3.63) is 41.6 Å². The molecule has 0 amide bonds. The van der Waals surface area contributed by atoms with Crippen LogP contribution >= 0.6 is 0 Å². The molecule has 1 aromatic heterocycles. The number of carboxylic acids is 2. The second-order valence-corrected chi connectivity index (χ2v) is 3.18. The normalized spacial score (nSPS) is 10.2. The Bertz CT molecular complexity index is 592. The summed E-state index contributed by atoms with van der Waals surface area (Å²) in [4.78, 5) is 25.6. The molecule has 80 valence electrons. The van der Waals surface area contributed by atoms with Gasteiger partial charge in [0.2, 0.25) is 0 Å². The number of aromatic carboxylic acids is 2. The molecule has 1 heterocycles. The molecule has 1 aromatic carbocycles. The molecule has 0 atom stereocenters. The van der Waals surface area contributed by atoms with Crippen molar-refractivity contribution in [3.8, 4) is 0 Å². The Labute approximate surface area is 90.0 Å². The van der Waals surface area contributed by atoms with Gasteiger partial charge in [0.1, 0.15) is 5.69 Å². The van der Waals surface area contributed by atoms with Crippen LogP contribution in [0.3, 0.4) is 0 Å². The summed E-state index contributed by atoms with van der Waals surface area (Å²) < 4.78 is 0. The molecule has 0 spiro atoms. The average Bonchev–Trinajstić information content (AvgIpc) is 2.27. The number of nitrogens with zero attached hydrogens (tertiary/aromatic N) is 1. The number of benzene rings is 1. The molecule has 0 radical (unpaired) electrons. The number of para-hydroxylation sites is 1. The third-order valence-corrected chi connectivity index (χ3v) is 2.17. The predicted molar refractivity (Wildman–Crippen MR) is 55.7 cm³/mol. The van der Waals surface area contributed by atoms with Crippen molar-refractivity contribution in [2.75, 3.05) is 0 Å². The Morgan fingerprint density at radius 1 is 1.06 bits per heavy atom. The van der Waals surface area contributed by atoms with Crippen LogP contribution in [0.2, 0.25) is 0 Å². The summed E-state index contributed by atoms with van der Waals surface area (Å²) in [6, 6.07) is 7.59. The van der Waals surface area contributed by atoms with Crippen molar-refractivity contribution < 1.29 is 19.8 Å². The SMILES string of the molecule is O=C(O)c1cc(C(=O)O)c2ccccc2n1. The van der Waals surface area contributed by atoms with E-state index >= 15 is 0 Å². The maximum Gasteiger partial charge on any atom is 0.354 e. The Kier molecular flexibility index (Phi) is 2.28. The molecule has 0 aliphatic carbocycles. The first-order valence-corrected chi connectivity index (χ1v) is 4.46. The van der Waals surface area contributed by atoms with E-state index in [1.807, 2.05) is 0 Å². The first kappa shape index (κ1) is 10.1. The molecule has 5 heteroatoms. The third kappa shape index (κ3) is 1.58. The van der Waals surface area contributed by atoms with Gasteiger partial charge in [0, 0.05) is 5.39 Å². The van der Waals surface area contributed by atoms with Crippen molar-refractivity contribution >= 4 is 22.8 Å². The number of aromatic nitrogens is 1. The van der Waals surface area contributed by atoms with Gasteiger partial charge in [-0.25, -0.2) is 14.6 Å². The highest BCUT2D eigenvalue weighted by atomic mass is 16.4. The average molecular weight is 217 g/mol. The lowest BCUT2D eigenvalue weighted by Crippen LogP contribution is -2.06. The topological polar surface area (TPSA) is 87.5 Å². The summed E-state index contributed by atoms with van der Waals surface area (Å²) >= 11 is 0. The van der Waals surface area contributed by atoms with Gasteiger partial charge >= 0.3 is 11.9 Å². The van der Waals surface area contributed by atoms with Gasteiger partial charge in [-0.1, -0.05) is 18.2 Å². The van der Waals surface area contributed by atoms with E-state index < -0.39 is 11.9 Å². The summed E-state index contributed by atoms with van der Waals surface area (Å²) in [5.74, 6) is -2.41. The third-order valence-electron chi connectivity index (χ3n) is 2.17. The Balaban J connectivity index is 2.84. The molecule has 2 N–H and O–H groups in total. The van der Waals surface area contributed by atoms with Crippen LogP contribution in [0.25, 0.3) is 10.9 Å². The fourth-order valence-corrected chi connectivity index (χ4v) is 1.46. The molecule has 0 unspecified atom stereocenters. The van der Waals surface area contributed by atoms with E-state index in [9.17, 15) is 9.59 Å². The maximum atomic E-state index is 11.0. The van der Waals surface area contributed by atoms with Gasteiger partial charge in [0.15, 0.2) is 0 Å². The summed E-state index contributed by atoms with van der Waals surface area (Å²) in [5, 5.41) is 18.2. The van der Waals surface area contributed by atoms with Crippen LogP contribution in [-0.4, -0.2) is 27.1 Å². The number of rotatable bonds is 2. The summed E-state index contributed by atoms with van der Waals surface area (Å²) in [6.07, 6.45) is 0. The quantitative estimate of drug-likeness (QED) is 0.798. The number of hydrogen-bond donors (Lipinski definition) is 2. The highest BCUT2D eigenvalue weighted by Crippen LogP contribution is 2.18. The number of carbonyl (C=O) groups is 2. The second kappa shape index (κ2) is 3.62. The van der Waals surface area contributed by atoms with Crippen molar-refractivity contribution in [1.82, 2.24) is 4.98 Å². The highest BCUT2D eigenvalue weighted by Gasteiger charge is 2.14. The van der Waals surface area contributed by atoms with E-state index in [2.05, 4.69) is 4.98 Å². The van der Waals surface area contributed by atoms with Crippen LogP contribution in [-0.2, 0) is 0 Å². The molecule has 0 aliphatic rings. The zero-order valence-electron chi connectivity index (χ0n) is 8.04. The Hall–Kier alpha value is -2.43. The van der Waals surface area contributed by atoms with E-state index in [0.717, 1.165) is 6.07 Å². The van der Waals surface area contributed by atoms with Crippen LogP contribution in [0.1, 0.15) is 20.8 Å². The number of hydrogen-bond acceptors (Lipinski definition) is 3. The second-order valence-electron chi connectivity index (χ2n) is 3.18. The van der Waals surface area contributed by atoms with Crippen LogP contribution < -0.4 is 0 Å². The lowest BCUT2D eigenvalue weighted by atomic mass is 10.1. The monoisotopic (exact) mass is 217 g/mol. The minimum atomic E-state index is -1.24. The molecule has 5 nitrogen and oxygen atoms in total. The lowest BCUT2D eigenvalue weighted by Gasteiger charge is -2.03. The molecule has 0 fully saturated rings. The van der Waals surface area contributed by atoms with Crippen molar-refractivity contribution in [2.24, 2.45) is 0 Å². The molecule has 0 aliphatic heterocycles. The molecule has 0 saturated heterocycles. The molecule has 0 bridgehead atoms. The smallest absolute Gasteiger partial charge is 0.354 e. The largest absolute Gasteiger partial charge is 0.478 e. The Morgan fingerprint density at radius 3 is 2.38 bits per heavy atom.